The van der Waals surface area contributed by atoms with Crippen LogP contribution < -0.4 is 15.4 Å². The van der Waals surface area contributed by atoms with E-state index in [1.54, 1.807) is 18.1 Å². The highest BCUT2D eigenvalue weighted by atomic mass is 19.1. The molecule has 43 heavy (non-hydrogen) atoms. The maximum Gasteiger partial charge on any atom is 0.223 e. The van der Waals surface area contributed by atoms with Crippen LogP contribution in [0.5, 0.6) is 5.75 Å². The van der Waals surface area contributed by atoms with Crippen LogP contribution >= 0.6 is 0 Å². The van der Waals surface area contributed by atoms with Crippen molar-refractivity contribution in [1.29, 1.82) is 0 Å². The molecule has 1 fully saturated rings. The number of terminal acetylenes is 1. The second kappa shape index (κ2) is 15.3. The summed E-state index contributed by atoms with van der Waals surface area (Å²) in [5, 5.41) is 17.8. The van der Waals surface area contributed by atoms with Gasteiger partial charge in [-0.3, -0.25) is 9.59 Å². The summed E-state index contributed by atoms with van der Waals surface area (Å²) in [6.45, 7) is 4.06. The molecule has 1 heterocycles. The van der Waals surface area contributed by atoms with E-state index in [0.29, 0.717) is 44.0 Å². The Labute approximate surface area is 254 Å². The lowest BCUT2D eigenvalue weighted by Gasteiger charge is -2.28. The van der Waals surface area contributed by atoms with Crippen molar-refractivity contribution < 1.29 is 28.6 Å². The van der Waals surface area contributed by atoms with Crippen molar-refractivity contribution >= 4 is 11.8 Å². The molecule has 2 aromatic rings. The molecule has 9 heteroatoms. The van der Waals surface area contributed by atoms with E-state index in [9.17, 15) is 19.1 Å². The average Bonchev–Trinajstić information content (AvgIpc) is 3.79. The number of halogens is 1. The van der Waals surface area contributed by atoms with Crippen LogP contribution in [0, 0.1) is 24.1 Å². The van der Waals surface area contributed by atoms with Gasteiger partial charge in [-0.25, -0.2) is 4.39 Å². The van der Waals surface area contributed by atoms with E-state index >= 15 is 0 Å². The van der Waals surface area contributed by atoms with Crippen molar-refractivity contribution in [2.45, 2.75) is 69.6 Å². The Hall–Kier alpha value is -3.45. The van der Waals surface area contributed by atoms with E-state index in [4.69, 9.17) is 15.9 Å². The van der Waals surface area contributed by atoms with E-state index in [1.807, 2.05) is 31.2 Å². The summed E-state index contributed by atoms with van der Waals surface area (Å²) in [6, 6.07) is 11.5. The van der Waals surface area contributed by atoms with E-state index < -0.39 is 18.0 Å². The van der Waals surface area contributed by atoms with Gasteiger partial charge >= 0.3 is 0 Å². The monoisotopic (exact) mass is 593 g/mol. The third-order valence-corrected chi connectivity index (χ3v) is 8.29. The first-order valence-corrected chi connectivity index (χ1v) is 15.2. The minimum atomic E-state index is -0.984. The van der Waals surface area contributed by atoms with Crippen LogP contribution in [0.15, 0.2) is 42.5 Å². The summed E-state index contributed by atoms with van der Waals surface area (Å²) in [5.41, 5.74) is 2.15. The Balaban J connectivity index is 1.53. The number of carbonyl (C=O) groups is 2. The number of aliphatic hydroxyl groups is 1. The molecule has 0 radical (unpaired) electrons. The Bertz CT molecular complexity index is 1290. The smallest absolute Gasteiger partial charge is 0.223 e. The molecule has 232 valence electrons. The number of fused-ring (bicyclic) bond motifs is 2. The number of ether oxygens (including phenoxy) is 2. The van der Waals surface area contributed by atoms with Crippen LogP contribution in [0.4, 0.5) is 4.39 Å². The summed E-state index contributed by atoms with van der Waals surface area (Å²) >= 11 is 0. The number of aliphatic hydroxyl groups excluding tert-OH is 1. The van der Waals surface area contributed by atoms with Crippen LogP contribution in [-0.2, 0) is 26.3 Å². The third kappa shape index (κ3) is 9.27. The zero-order valence-corrected chi connectivity index (χ0v) is 25.2. The van der Waals surface area contributed by atoms with Crippen LogP contribution in [0.1, 0.15) is 62.1 Å². The highest BCUT2D eigenvalue weighted by Crippen LogP contribution is 2.45. The maximum absolute atomic E-state index is 14.7. The summed E-state index contributed by atoms with van der Waals surface area (Å²) in [6.07, 6.45) is 8.11. The molecule has 1 unspecified atom stereocenters. The molecule has 2 bridgehead atoms. The predicted molar refractivity (Wildman–Crippen MR) is 163 cm³/mol. The van der Waals surface area contributed by atoms with Gasteiger partial charge in [0, 0.05) is 62.7 Å². The lowest BCUT2D eigenvalue weighted by Crippen LogP contribution is -2.50. The SMILES string of the molecule is C#Cc1cccc(C2(NC[C@@H](O)[C@@H]3Cc4cc(F)cc(c4)OCC(COC)CCN(CCC)C(=O)CCC(=O)N3)CC2)c1. The number of benzene rings is 2. The number of nitrogens with zero attached hydrogens (tertiary/aromatic N) is 1. The van der Waals surface area contributed by atoms with Gasteiger partial charge in [-0.2, -0.15) is 0 Å². The van der Waals surface area contributed by atoms with Gasteiger partial charge in [0.25, 0.3) is 0 Å². The fourth-order valence-electron chi connectivity index (χ4n) is 5.69. The Morgan fingerprint density at radius 3 is 2.79 bits per heavy atom. The topological polar surface area (TPSA) is 100 Å². The number of hydrogen-bond donors (Lipinski definition) is 3. The van der Waals surface area contributed by atoms with Crippen LogP contribution in [0.3, 0.4) is 0 Å². The molecule has 1 saturated carbocycles. The largest absolute Gasteiger partial charge is 0.493 e. The molecule has 0 spiro atoms. The van der Waals surface area contributed by atoms with Crippen molar-refractivity contribution in [2.24, 2.45) is 5.92 Å². The molecule has 1 aliphatic carbocycles. The highest BCUT2D eigenvalue weighted by molar-refractivity contribution is 5.84. The van der Waals surface area contributed by atoms with E-state index in [1.165, 1.54) is 12.1 Å². The fraction of sp³-hybridized carbons (Fsp3) is 0.529. The molecule has 3 N–H and O–H groups in total. The zero-order chi connectivity index (χ0) is 30.8. The zero-order valence-electron chi connectivity index (χ0n) is 25.2. The molecule has 2 aliphatic rings. The molecule has 2 aromatic carbocycles. The van der Waals surface area contributed by atoms with Gasteiger partial charge in [0.15, 0.2) is 0 Å². The van der Waals surface area contributed by atoms with Crippen LogP contribution in [-0.4, -0.2) is 73.9 Å². The molecule has 8 nitrogen and oxygen atoms in total. The van der Waals surface area contributed by atoms with Crippen LogP contribution in [0.25, 0.3) is 0 Å². The molecular weight excluding hydrogens is 549 g/mol. The van der Waals surface area contributed by atoms with Gasteiger partial charge in [0.05, 0.1) is 25.4 Å². The number of carbonyl (C=O) groups excluding carboxylic acids is 2. The second-order valence-electron chi connectivity index (χ2n) is 11.7. The van der Waals surface area contributed by atoms with Gasteiger partial charge in [-0.1, -0.05) is 25.0 Å². The molecule has 3 atom stereocenters. The van der Waals surface area contributed by atoms with Crippen molar-refractivity contribution in [2.75, 3.05) is 40.0 Å². The minimum absolute atomic E-state index is 0.00245. The third-order valence-electron chi connectivity index (χ3n) is 8.29. The number of nitrogens with one attached hydrogen (secondary N) is 2. The molecule has 2 amide bonds. The second-order valence-corrected chi connectivity index (χ2v) is 11.7. The lowest BCUT2D eigenvalue weighted by molar-refractivity contribution is -0.134. The van der Waals surface area contributed by atoms with E-state index in [-0.39, 0.29) is 49.1 Å². The van der Waals surface area contributed by atoms with Crippen molar-refractivity contribution in [3.63, 3.8) is 0 Å². The average molecular weight is 594 g/mol. The first-order valence-electron chi connectivity index (χ1n) is 15.2. The Morgan fingerprint density at radius 1 is 1.26 bits per heavy atom. The Kier molecular flexibility index (Phi) is 11.6. The van der Waals surface area contributed by atoms with Crippen molar-refractivity contribution in [3.8, 4) is 18.1 Å². The molecule has 0 saturated heterocycles. The van der Waals surface area contributed by atoms with E-state index in [0.717, 1.165) is 30.4 Å². The summed E-state index contributed by atoms with van der Waals surface area (Å²) in [7, 11) is 1.62. The predicted octanol–water partition coefficient (Wildman–Crippen LogP) is 3.54. The quantitative estimate of drug-likeness (QED) is 0.385. The van der Waals surface area contributed by atoms with Gasteiger partial charge in [0.1, 0.15) is 11.6 Å². The summed E-state index contributed by atoms with van der Waals surface area (Å²) in [4.78, 5) is 27.9. The van der Waals surface area contributed by atoms with Gasteiger partial charge in [-0.15, -0.1) is 6.42 Å². The molecule has 4 rings (SSSR count). The lowest BCUT2D eigenvalue weighted by atomic mass is 9.98. The number of amides is 2. The Morgan fingerprint density at radius 2 is 2.07 bits per heavy atom. The molecule has 0 aromatic heterocycles. The molecular formula is C34H44FN3O5. The number of methoxy groups -OCH3 is 1. The summed E-state index contributed by atoms with van der Waals surface area (Å²) in [5.74, 6) is 2.15. The fourth-order valence-corrected chi connectivity index (χ4v) is 5.69. The first kappa shape index (κ1) is 32.5. The van der Waals surface area contributed by atoms with Crippen molar-refractivity contribution in [1.82, 2.24) is 15.5 Å². The number of rotatable bonds is 9. The normalized spacial score (nSPS) is 21.8. The van der Waals surface area contributed by atoms with E-state index in [2.05, 4.69) is 16.6 Å². The van der Waals surface area contributed by atoms with Crippen molar-refractivity contribution in [3.05, 3.63) is 65.0 Å². The van der Waals surface area contributed by atoms with Gasteiger partial charge < -0.3 is 30.1 Å². The standard InChI is InChI=1S/C34H44FN3O5/c1-4-14-38-15-11-25(22-42-3)23-43-29-18-26(17-28(35)20-29)19-30(37-32(40)9-10-33(38)41)31(39)21-36-34(12-13-34)27-8-6-7-24(5-2)16-27/h2,6-8,16-18,20,25,30-31,36,39H,4,9-15,19,21-23H2,1,3H3,(H,37,40)/t25?,30-,31+/m0/s1. The maximum atomic E-state index is 14.7. The van der Waals surface area contributed by atoms with Crippen LogP contribution in [0.2, 0.25) is 0 Å². The summed E-state index contributed by atoms with van der Waals surface area (Å²) < 4.78 is 26.1. The van der Waals surface area contributed by atoms with Gasteiger partial charge in [0.2, 0.25) is 11.8 Å². The minimum Gasteiger partial charge on any atom is -0.493 e. The first-order chi connectivity index (χ1) is 20.7. The molecule has 1 aliphatic heterocycles. The number of hydrogen-bond acceptors (Lipinski definition) is 6. The highest BCUT2D eigenvalue weighted by Gasteiger charge is 2.44. The van der Waals surface area contributed by atoms with Gasteiger partial charge in [-0.05, 0) is 67.5 Å².